The molecule has 1 aliphatic rings. The molecule has 0 radical (unpaired) electrons. The van der Waals surface area contributed by atoms with Gasteiger partial charge in [-0.3, -0.25) is 9.69 Å². The molecule has 0 saturated carbocycles. The summed E-state index contributed by atoms with van der Waals surface area (Å²) in [5, 5.41) is 10.2. The highest BCUT2D eigenvalue weighted by molar-refractivity contribution is 7.20. The maximum absolute atomic E-state index is 10.7. The van der Waals surface area contributed by atoms with Crippen LogP contribution in [-0.2, 0) is 11.2 Å². The summed E-state index contributed by atoms with van der Waals surface area (Å²) in [6, 6.07) is 16.2. The van der Waals surface area contributed by atoms with Crippen LogP contribution in [0.1, 0.15) is 5.56 Å². The van der Waals surface area contributed by atoms with E-state index in [2.05, 4.69) is 22.0 Å². The van der Waals surface area contributed by atoms with Gasteiger partial charge in [-0.25, -0.2) is 4.98 Å². The number of carbonyl (C=O) groups is 1. The van der Waals surface area contributed by atoms with Crippen LogP contribution >= 0.6 is 11.3 Å². The van der Waals surface area contributed by atoms with Crippen LogP contribution in [0.3, 0.4) is 0 Å². The Hall–Kier alpha value is -2.32. The maximum atomic E-state index is 10.7. The van der Waals surface area contributed by atoms with E-state index in [1.165, 1.54) is 5.56 Å². The Bertz CT molecular complexity index is 887. The zero-order valence-corrected chi connectivity index (χ0v) is 16.3. The second-order valence-corrected chi connectivity index (χ2v) is 7.86. The Morgan fingerprint density at radius 3 is 2.57 bits per heavy atom. The predicted molar refractivity (Wildman–Crippen MR) is 110 cm³/mol. The summed E-state index contributed by atoms with van der Waals surface area (Å²) in [5.41, 5.74) is 2.21. The Kier molecular flexibility index (Phi) is 5.97. The number of rotatable bonds is 7. The second kappa shape index (κ2) is 8.79. The van der Waals surface area contributed by atoms with E-state index in [9.17, 15) is 9.90 Å². The number of aromatic nitrogens is 1. The van der Waals surface area contributed by atoms with Crippen LogP contribution in [-0.4, -0.2) is 65.1 Å². The molecule has 1 fully saturated rings. The van der Waals surface area contributed by atoms with Gasteiger partial charge in [-0.2, -0.15) is 0 Å². The normalized spacial score (nSPS) is 16.9. The van der Waals surface area contributed by atoms with Crippen molar-refractivity contribution in [1.29, 1.82) is 0 Å². The van der Waals surface area contributed by atoms with E-state index < -0.39 is 6.23 Å². The number of hydrogen-bond acceptors (Lipinski definition) is 7. The van der Waals surface area contributed by atoms with Gasteiger partial charge in [0.25, 0.3) is 5.19 Å². The lowest BCUT2D eigenvalue weighted by Gasteiger charge is -2.35. The van der Waals surface area contributed by atoms with E-state index >= 15 is 0 Å². The lowest BCUT2D eigenvalue weighted by Crippen LogP contribution is -2.51. The third-order valence-corrected chi connectivity index (χ3v) is 5.94. The van der Waals surface area contributed by atoms with E-state index in [0.29, 0.717) is 11.5 Å². The molecule has 4 rings (SSSR count). The molecule has 1 aliphatic heterocycles. The van der Waals surface area contributed by atoms with Crippen LogP contribution in [0, 0.1) is 0 Å². The molecule has 2 heterocycles. The minimum absolute atomic E-state index is 0.591. The van der Waals surface area contributed by atoms with Gasteiger partial charge < -0.3 is 14.7 Å². The molecule has 0 bridgehead atoms. The zero-order chi connectivity index (χ0) is 19.3. The minimum Gasteiger partial charge on any atom is -0.431 e. The number of nitrogens with zero attached hydrogens (tertiary/aromatic N) is 3. The Balaban J connectivity index is 1.27. The van der Waals surface area contributed by atoms with Gasteiger partial charge in [0, 0.05) is 32.7 Å². The van der Waals surface area contributed by atoms with Crippen molar-refractivity contribution in [3.8, 4) is 10.9 Å². The summed E-state index contributed by atoms with van der Waals surface area (Å²) < 4.78 is 7.02. The number of aldehydes is 1. The smallest absolute Gasteiger partial charge is 0.279 e. The van der Waals surface area contributed by atoms with Crippen molar-refractivity contribution < 1.29 is 14.6 Å². The van der Waals surface area contributed by atoms with Gasteiger partial charge in [-0.1, -0.05) is 35.6 Å². The van der Waals surface area contributed by atoms with E-state index in [1.807, 2.05) is 36.4 Å². The van der Waals surface area contributed by atoms with Crippen LogP contribution in [0.4, 0.5) is 0 Å². The van der Waals surface area contributed by atoms with Gasteiger partial charge >= 0.3 is 0 Å². The van der Waals surface area contributed by atoms with Crippen LogP contribution in [0.2, 0.25) is 0 Å². The van der Waals surface area contributed by atoms with Gasteiger partial charge in [0.2, 0.25) is 0 Å². The molecule has 1 aromatic heterocycles. The third kappa shape index (κ3) is 4.56. The van der Waals surface area contributed by atoms with Crippen molar-refractivity contribution >= 4 is 27.8 Å². The van der Waals surface area contributed by atoms with Gasteiger partial charge in [-0.05, 0) is 36.2 Å². The van der Waals surface area contributed by atoms with Crippen molar-refractivity contribution in [3.05, 3.63) is 54.1 Å². The quantitative estimate of drug-likeness (QED) is 0.619. The fraction of sp³-hybridized carbons (Fsp3) is 0.333. The number of piperazine rings is 1. The Morgan fingerprint density at radius 1 is 1.11 bits per heavy atom. The van der Waals surface area contributed by atoms with E-state index in [4.69, 9.17) is 4.74 Å². The van der Waals surface area contributed by atoms with Crippen LogP contribution in [0.15, 0.2) is 48.5 Å². The number of benzene rings is 2. The summed E-state index contributed by atoms with van der Waals surface area (Å²) in [6.45, 7) is 4.13. The largest absolute Gasteiger partial charge is 0.431 e. The monoisotopic (exact) mass is 397 g/mol. The summed E-state index contributed by atoms with van der Waals surface area (Å²) in [6.07, 6.45) is 0.579. The van der Waals surface area contributed by atoms with E-state index in [0.717, 1.165) is 55.1 Å². The molecule has 0 spiro atoms. The zero-order valence-electron chi connectivity index (χ0n) is 15.5. The highest BCUT2D eigenvalue weighted by Gasteiger charge is 2.21. The first-order chi connectivity index (χ1) is 13.7. The highest BCUT2D eigenvalue weighted by atomic mass is 32.1. The summed E-state index contributed by atoms with van der Waals surface area (Å²) in [4.78, 5) is 19.3. The first-order valence-corrected chi connectivity index (χ1v) is 10.2. The molecule has 3 aromatic rings. The lowest BCUT2D eigenvalue weighted by atomic mass is 10.1. The van der Waals surface area contributed by atoms with Crippen molar-refractivity contribution in [1.82, 2.24) is 14.8 Å². The Morgan fingerprint density at radius 2 is 1.86 bits per heavy atom. The predicted octanol–water partition coefficient (Wildman–Crippen LogP) is 2.77. The molecule has 0 aliphatic carbocycles. The van der Waals surface area contributed by atoms with Crippen molar-refractivity contribution in [2.75, 3.05) is 32.7 Å². The molecular weight excluding hydrogens is 374 g/mol. The highest BCUT2D eigenvalue weighted by Crippen LogP contribution is 2.31. The SMILES string of the molecule is O=C[C@H](O)N1CCN(CCc2ccc(Oc3nc4ccccc4s3)cc2)CC1. The minimum atomic E-state index is -0.967. The van der Waals surface area contributed by atoms with Crippen molar-refractivity contribution in [2.24, 2.45) is 0 Å². The molecule has 2 aromatic carbocycles. The molecule has 6 nitrogen and oxygen atoms in total. The van der Waals surface area contributed by atoms with Crippen LogP contribution in [0.5, 0.6) is 10.9 Å². The van der Waals surface area contributed by atoms with E-state index in [1.54, 1.807) is 16.2 Å². The van der Waals surface area contributed by atoms with Gasteiger partial charge in [0.05, 0.1) is 10.2 Å². The molecule has 146 valence electrons. The fourth-order valence-electron chi connectivity index (χ4n) is 3.34. The van der Waals surface area contributed by atoms with Crippen LogP contribution in [0.25, 0.3) is 10.2 Å². The number of thiazole rings is 1. The molecule has 7 heteroatoms. The molecular formula is C21H23N3O3S. The Labute approximate surface area is 168 Å². The maximum Gasteiger partial charge on any atom is 0.279 e. The van der Waals surface area contributed by atoms with Crippen LogP contribution < -0.4 is 4.74 Å². The number of aliphatic hydroxyl groups is 1. The summed E-state index contributed by atoms with van der Waals surface area (Å²) >= 11 is 1.55. The van der Waals surface area contributed by atoms with Crippen molar-refractivity contribution in [3.63, 3.8) is 0 Å². The molecule has 1 saturated heterocycles. The molecule has 0 unspecified atom stereocenters. The second-order valence-electron chi connectivity index (χ2n) is 6.87. The number of hydrogen-bond donors (Lipinski definition) is 1. The number of carbonyl (C=O) groups excluding carboxylic acids is 1. The van der Waals surface area contributed by atoms with Gasteiger partial charge in [-0.15, -0.1) is 0 Å². The third-order valence-electron chi connectivity index (χ3n) is 5.02. The fourth-order valence-corrected chi connectivity index (χ4v) is 4.18. The molecule has 1 N–H and O–H groups in total. The molecule has 1 atom stereocenters. The summed E-state index contributed by atoms with van der Waals surface area (Å²) in [5.74, 6) is 0.791. The lowest BCUT2D eigenvalue weighted by molar-refractivity contribution is -0.125. The average molecular weight is 398 g/mol. The first kappa shape index (κ1) is 19.0. The average Bonchev–Trinajstić information content (AvgIpc) is 3.15. The molecule has 28 heavy (non-hydrogen) atoms. The first-order valence-electron chi connectivity index (χ1n) is 9.43. The van der Waals surface area contributed by atoms with Gasteiger partial charge in [0.1, 0.15) is 5.75 Å². The molecule has 0 amide bonds. The van der Waals surface area contributed by atoms with E-state index in [-0.39, 0.29) is 0 Å². The summed E-state index contributed by atoms with van der Waals surface area (Å²) in [7, 11) is 0. The number of ether oxygens (including phenoxy) is 1. The number of para-hydroxylation sites is 1. The number of aliphatic hydroxyl groups excluding tert-OH is 1. The number of fused-ring (bicyclic) bond motifs is 1. The van der Waals surface area contributed by atoms with Gasteiger partial charge in [0.15, 0.2) is 12.5 Å². The van der Waals surface area contributed by atoms with Crippen molar-refractivity contribution in [2.45, 2.75) is 12.6 Å². The standard InChI is InChI=1S/C21H23N3O3S/c25-15-20(26)24-13-11-23(12-14-24)10-9-16-5-7-17(8-6-16)27-21-22-18-3-1-2-4-19(18)28-21/h1-8,15,20,26H,9-14H2/t20-/m0/s1. The topological polar surface area (TPSA) is 65.9 Å².